The number of fused-ring (bicyclic) bond motifs is 1. The van der Waals surface area contributed by atoms with Gasteiger partial charge < -0.3 is 5.32 Å². The smallest absolute Gasteiger partial charge is 0.271 e. The number of amides is 1. The van der Waals surface area contributed by atoms with Crippen LogP contribution in [0.4, 0.5) is 11.4 Å². The number of nitrogens with zero attached hydrogens (tertiary/aromatic N) is 3. The second-order valence-electron chi connectivity index (χ2n) is 6.32. The third-order valence-corrected chi connectivity index (χ3v) is 5.40. The Hall–Kier alpha value is -2.92. The number of hydrogen-bond acceptors (Lipinski definition) is 6. The number of carbonyl (C=O) groups is 1. The number of aryl methyl sites for hydroxylation is 3. The van der Waals surface area contributed by atoms with Crippen LogP contribution in [0.15, 0.2) is 29.3 Å². The SMILES string of the molecule is Cc1ccc([N+](=O)[O-])cc1NC(=O)CCSc1nc2c(cc1C#N)CCC2. The van der Waals surface area contributed by atoms with Gasteiger partial charge in [0.1, 0.15) is 11.1 Å². The number of hydrogen-bond donors (Lipinski definition) is 1. The number of nitriles is 1. The number of thioether (sulfide) groups is 1. The summed E-state index contributed by atoms with van der Waals surface area (Å²) in [6.07, 6.45) is 3.18. The molecule has 1 aromatic heterocycles. The van der Waals surface area contributed by atoms with Crippen molar-refractivity contribution in [3.63, 3.8) is 0 Å². The predicted octanol–water partition coefficient (Wildman–Crippen LogP) is 3.78. The molecule has 0 radical (unpaired) electrons. The van der Waals surface area contributed by atoms with E-state index >= 15 is 0 Å². The van der Waals surface area contributed by atoms with Gasteiger partial charge >= 0.3 is 0 Å². The van der Waals surface area contributed by atoms with E-state index < -0.39 is 4.92 Å². The van der Waals surface area contributed by atoms with Gasteiger partial charge in [0, 0.05) is 30.0 Å². The van der Waals surface area contributed by atoms with Gasteiger partial charge in [-0.2, -0.15) is 5.26 Å². The van der Waals surface area contributed by atoms with Crippen molar-refractivity contribution >= 4 is 29.0 Å². The Balaban J connectivity index is 1.60. The van der Waals surface area contributed by atoms with Crippen molar-refractivity contribution in [2.75, 3.05) is 11.1 Å². The van der Waals surface area contributed by atoms with Crippen LogP contribution in [0.25, 0.3) is 0 Å². The predicted molar refractivity (Wildman–Crippen MR) is 103 cm³/mol. The van der Waals surface area contributed by atoms with Gasteiger partial charge in [-0.1, -0.05) is 6.07 Å². The molecular formula is C19H18N4O3S. The molecule has 0 aliphatic heterocycles. The number of nitrogens with one attached hydrogen (secondary N) is 1. The summed E-state index contributed by atoms with van der Waals surface area (Å²) < 4.78 is 0. The fourth-order valence-electron chi connectivity index (χ4n) is 2.95. The highest BCUT2D eigenvalue weighted by Crippen LogP contribution is 2.28. The number of pyridine rings is 1. The van der Waals surface area contributed by atoms with Crippen LogP contribution in [-0.2, 0) is 17.6 Å². The summed E-state index contributed by atoms with van der Waals surface area (Å²) in [6, 6.07) is 8.46. The molecule has 7 nitrogen and oxygen atoms in total. The Morgan fingerprint density at radius 1 is 1.41 bits per heavy atom. The molecule has 0 fully saturated rings. The average Bonchev–Trinajstić information content (AvgIpc) is 3.09. The zero-order valence-electron chi connectivity index (χ0n) is 14.8. The van der Waals surface area contributed by atoms with Crippen molar-refractivity contribution in [3.8, 4) is 6.07 Å². The van der Waals surface area contributed by atoms with Crippen LogP contribution in [0.2, 0.25) is 0 Å². The lowest BCUT2D eigenvalue weighted by Crippen LogP contribution is -2.13. The van der Waals surface area contributed by atoms with E-state index in [1.165, 1.54) is 23.9 Å². The van der Waals surface area contributed by atoms with E-state index in [1.54, 1.807) is 13.0 Å². The molecule has 0 unspecified atom stereocenters. The molecule has 138 valence electrons. The lowest BCUT2D eigenvalue weighted by atomic mass is 10.2. The summed E-state index contributed by atoms with van der Waals surface area (Å²) in [7, 11) is 0. The molecular weight excluding hydrogens is 364 g/mol. The van der Waals surface area contributed by atoms with E-state index in [-0.39, 0.29) is 18.0 Å². The molecule has 1 aliphatic rings. The quantitative estimate of drug-likeness (QED) is 0.463. The molecule has 1 amide bonds. The minimum atomic E-state index is -0.492. The molecule has 8 heteroatoms. The minimum Gasteiger partial charge on any atom is -0.326 e. The van der Waals surface area contributed by atoms with E-state index in [1.807, 2.05) is 6.07 Å². The molecule has 1 aliphatic carbocycles. The van der Waals surface area contributed by atoms with Crippen LogP contribution in [-0.4, -0.2) is 21.6 Å². The van der Waals surface area contributed by atoms with Crippen LogP contribution in [0.3, 0.4) is 0 Å². The summed E-state index contributed by atoms with van der Waals surface area (Å²) in [5, 5.41) is 23.6. The van der Waals surface area contributed by atoms with E-state index in [2.05, 4.69) is 16.4 Å². The summed E-state index contributed by atoms with van der Waals surface area (Å²) in [4.78, 5) is 27.2. The van der Waals surface area contributed by atoms with Crippen molar-refractivity contribution < 1.29 is 9.72 Å². The number of nitro benzene ring substituents is 1. The Morgan fingerprint density at radius 3 is 2.96 bits per heavy atom. The number of benzene rings is 1. The maximum Gasteiger partial charge on any atom is 0.271 e. The lowest BCUT2D eigenvalue weighted by Gasteiger charge is -2.09. The van der Waals surface area contributed by atoms with E-state index in [0.29, 0.717) is 22.0 Å². The molecule has 0 atom stereocenters. The molecule has 2 aromatic rings. The van der Waals surface area contributed by atoms with Gasteiger partial charge in [-0.15, -0.1) is 11.8 Å². The zero-order valence-corrected chi connectivity index (χ0v) is 15.6. The van der Waals surface area contributed by atoms with Crippen molar-refractivity contribution in [1.82, 2.24) is 4.98 Å². The maximum atomic E-state index is 12.2. The van der Waals surface area contributed by atoms with E-state index in [9.17, 15) is 20.2 Å². The van der Waals surface area contributed by atoms with Gasteiger partial charge in [-0.25, -0.2) is 4.98 Å². The van der Waals surface area contributed by atoms with Crippen molar-refractivity contribution in [1.29, 1.82) is 5.26 Å². The second-order valence-corrected chi connectivity index (χ2v) is 7.40. The Morgan fingerprint density at radius 2 is 2.22 bits per heavy atom. The second kappa shape index (κ2) is 8.18. The van der Waals surface area contributed by atoms with Gasteiger partial charge in [-0.05, 0) is 43.4 Å². The number of nitro groups is 1. The fourth-order valence-corrected chi connectivity index (χ4v) is 3.87. The normalized spacial score (nSPS) is 12.3. The lowest BCUT2D eigenvalue weighted by molar-refractivity contribution is -0.384. The van der Waals surface area contributed by atoms with Gasteiger partial charge in [-0.3, -0.25) is 14.9 Å². The molecule has 0 saturated heterocycles. The number of non-ortho nitro benzene ring substituents is 1. The summed E-state index contributed by atoms with van der Waals surface area (Å²) >= 11 is 1.39. The van der Waals surface area contributed by atoms with Gasteiger partial charge in [0.2, 0.25) is 5.91 Å². The van der Waals surface area contributed by atoms with Gasteiger partial charge in [0.05, 0.1) is 16.2 Å². The molecule has 3 rings (SSSR count). The van der Waals surface area contributed by atoms with E-state index in [4.69, 9.17) is 0 Å². The van der Waals surface area contributed by atoms with Crippen LogP contribution in [0, 0.1) is 28.4 Å². The van der Waals surface area contributed by atoms with Crippen molar-refractivity contribution in [3.05, 3.63) is 56.8 Å². The first-order valence-corrected chi connectivity index (χ1v) is 9.57. The zero-order chi connectivity index (χ0) is 19.4. The summed E-state index contributed by atoms with van der Waals surface area (Å²) in [5.74, 6) is 0.242. The molecule has 0 bridgehead atoms. The molecule has 0 saturated carbocycles. The molecule has 0 spiro atoms. The molecule has 1 heterocycles. The maximum absolute atomic E-state index is 12.2. The average molecular weight is 382 g/mol. The fraction of sp³-hybridized carbons (Fsp3) is 0.316. The number of aromatic nitrogens is 1. The highest BCUT2D eigenvalue weighted by Gasteiger charge is 2.17. The highest BCUT2D eigenvalue weighted by molar-refractivity contribution is 7.99. The molecule has 1 aromatic carbocycles. The molecule has 27 heavy (non-hydrogen) atoms. The van der Waals surface area contributed by atoms with Gasteiger partial charge in [0.25, 0.3) is 5.69 Å². The number of rotatable bonds is 6. The third-order valence-electron chi connectivity index (χ3n) is 4.41. The van der Waals surface area contributed by atoms with Crippen molar-refractivity contribution in [2.24, 2.45) is 0 Å². The highest BCUT2D eigenvalue weighted by atomic mass is 32.2. The first-order valence-electron chi connectivity index (χ1n) is 8.58. The molecule has 1 N–H and O–H groups in total. The van der Waals surface area contributed by atoms with Gasteiger partial charge in [0.15, 0.2) is 0 Å². The monoisotopic (exact) mass is 382 g/mol. The van der Waals surface area contributed by atoms with E-state index in [0.717, 1.165) is 36.1 Å². The Bertz CT molecular complexity index is 953. The third kappa shape index (κ3) is 4.44. The topological polar surface area (TPSA) is 109 Å². The van der Waals surface area contributed by atoms with Crippen molar-refractivity contribution in [2.45, 2.75) is 37.6 Å². The first-order chi connectivity index (χ1) is 13.0. The van der Waals surface area contributed by atoms with Crippen LogP contribution < -0.4 is 5.32 Å². The number of carbonyl (C=O) groups excluding carboxylic acids is 1. The van der Waals surface area contributed by atoms with Crippen LogP contribution >= 0.6 is 11.8 Å². The minimum absolute atomic E-state index is 0.0636. The van der Waals surface area contributed by atoms with Crippen LogP contribution in [0.1, 0.15) is 35.2 Å². The Labute approximate surface area is 161 Å². The Kier molecular flexibility index (Phi) is 5.72. The van der Waals surface area contributed by atoms with Crippen LogP contribution in [0.5, 0.6) is 0 Å². The summed E-state index contributed by atoms with van der Waals surface area (Å²) in [5.41, 5.74) is 3.88. The standard InChI is InChI=1S/C19H18N4O3S/c1-12-5-6-15(23(25)26)10-17(12)21-18(24)7-8-27-19-14(11-20)9-13-3-2-4-16(13)22-19/h5-6,9-10H,2-4,7-8H2,1H3,(H,21,24). The number of anilines is 1. The largest absolute Gasteiger partial charge is 0.326 e. The first kappa shape index (κ1) is 18.9. The summed E-state index contributed by atoms with van der Waals surface area (Å²) in [6.45, 7) is 1.78.